The number of aromatic nitrogens is 1. The van der Waals surface area contributed by atoms with Crippen LogP contribution in [0.5, 0.6) is 5.75 Å². The molecule has 0 saturated heterocycles. The summed E-state index contributed by atoms with van der Waals surface area (Å²) >= 11 is 1.44. The fourth-order valence-corrected chi connectivity index (χ4v) is 2.87. The van der Waals surface area contributed by atoms with Crippen molar-refractivity contribution in [2.75, 3.05) is 6.61 Å². The van der Waals surface area contributed by atoms with Crippen molar-refractivity contribution in [3.8, 4) is 16.3 Å². The van der Waals surface area contributed by atoms with E-state index in [1.54, 1.807) is 13.1 Å². The van der Waals surface area contributed by atoms with Crippen LogP contribution in [0.15, 0.2) is 24.4 Å². The lowest BCUT2D eigenvalue weighted by molar-refractivity contribution is 0.102. The molecule has 0 N–H and O–H groups in total. The molecule has 1 aliphatic heterocycles. The number of fused-ring (bicyclic) bond motifs is 1. The summed E-state index contributed by atoms with van der Waals surface area (Å²) < 4.78 is 5.59. The molecular formula is C14H13NO2S. The minimum Gasteiger partial charge on any atom is -0.493 e. The molecule has 0 aliphatic carbocycles. The second kappa shape index (κ2) is 4.53. The number of carbonyl (C=O) groups excluding carboxylic acids is 1. The minimum atomic E-state index is 0.0695. The highest BCUT2D eigenvalue weighted by Crippen LogP contribution is 2.32. The molecule has 2 aromatic rings. The van der Waals surface area contributed by atoms with Crippen molar-refractivity contribution in [1.82, 2.24) is 4.98 Å². The molecule has 3 nitrogen and oxygen atoms in total. The fraction of sp³-hybridized carbons (Fsp3) is 0.286. The highest BCUT2D eigenvalue weighted by atomic mass is 32.1. The molecule has 0 unspecified atom stereocenters. The van der Waals surface area contributed by atoms with Crippen molar-refractivity contribution >= 4 is 17.1 Å². The van der Waals surface area contributed by atoms with Gasteiger partial charge < -0.3 is 4.74 Å². The summed E-state index contributed by atoms with van der Waals surface area (Å²) in [5.41, 5.74) is 2.30. The number of thiazole rings is 1. The second-order valence-electron chi connectivity index (χ2n) is 4.36. The van der Waals surface area contributed by atoms with Gasteiger partial charge in [-0.25, -0.2) is 4.98 Å². The van der Waals surface area contributed by atoms with Crippen LogP contribution in [0.2, 0.25) is 0 Å². The number of rotatable bonds is 2. The third kappa shape index (κ3) is 2.04. The van der Waals surface area contributed by atoms with Gasteiger partial charge in [0, 0.05) is 18.7 Å². The van der Waals surface area contributed by atoms with E-state index in [0.717, 1.165) is 35.8 Å². The van der Waals surface area contributed by atoms with E-state index in [2.05, 4.69) is 11.1 Å². The van der Waals surface area contributed by atoms with Gasteiger partial charge in [-0.2, -0.15) is 0 Å². The number of carbonyl (C=O) groups is 1. The van der Waals surface area contributed by atoms with Gasteiger partial charge >= 0.3 is 0 Å². The number of nitrogens with zero attached hydrogens (tertiary/aromatic N) is 1. The zero-order valence-corrected chi connectivity index (χ0v) is 10.9. The van der Waals surface area contributed by atoms with E-state index >= 15 is 0 Å². The summed E-state index contributed by atoms with van der Waals surface area (Å²) in [6, 6.07) is 6.13. The number of hydrogen-bond acceptors (Lipinski definition) is 4. The van der Waals surface area contributed by atoms with Crippen molar-refractivity contribution < 1.29 is 9.53 Å². The number of ether oxygens (including phenoxy) is 1. The largest absolute Gasteiger partial charge is 0.493 e. The molecule has 0 spiro atoms. The summed E-state index contributed by atoms with van der Waals surface area (Å²) in [5, 5.41) is 0.897. The Bertz CT molecular complexity index is 604. The molecule has 1 aromatic heterocycles. The Balaban J connectivity index is 1.98. The van der Waals surface area contributed by atoms with E-state index in [4.69, 9.17) is 4.74 Å². The van der Waals surface area contributed by atoms with Crippen LogP contribution in [0.25, 0.3) is 10.6 Å². The first kappa shape index (κ1) is 11.4. The topological polar surface area (TPSA) is 39.2 Å². The Morgan fingerprint density at radius 3 is 3.11 bits per heavy atom. The first-order valence-corrected chi connectivity index (χ1v) is 6.78. The van der Waals surface area contributed by atoms with Crippen LogP contribution in [-0.4, -0.2) is 17.4 Å². The van der Waals surface area contributed by atoms with Gasteiger partial charge in [0.05, 0.1) is 11.5 Å². The molecule has 4 heteroatoms. The molecule has 2 heterocycles. The molecule has 18 heavy (non-hydrogen) atoms. The van der Waals surface area contributed by atoms with Crippen molar-refractivity contribution in [3.63, 3.8) is 0 Å². The minimum absolute atomic E-state index is 0.0695. The third-order valence-electron chi connectivity index (χ3n) is 3.01. The number of hydrogen-bond donors (Lipinski definition) is 0. The van der Waals surface area contributed by atoms with E-state index in [1.807, 2.05) is 12.1 Å². The van der Waals surface area contributed by atoms with Gasteiger partial charge in [-0.15, -0.1) is 11.3 Å². The van der Waals surface area contributed by atoms with Crippen LogP contribution in [0, 0.1) is 0 Å². The standard InChI is InChI=1S/C14H13NO2S/c1-9(16)13-8-15-14(18-13)11-4-5-12-10(7-11)3-2-6-17-12/h4-5,7-8H,2-3,6H2,1H3. The predicted molar refractivity (Wildman–Crippen MR) is 71.4 cm³/mol. The molecule has 92 valence electrons. The number of benzene rings is 1. The highest BCUT2D eigenvalue weighted by molar-refractivity contribution is 7.16. The molecule has 1 aromatic carbocycles. The van der Waals surface area contributed by atoms with E-state index < -0.39 is 0 Å². The number of aryl methyl sites for hydroxylation is 1. The normalized spacial score (nSPS) is 13.8. The van der Waals surface area contributed by atoms with Crippen LogP contribution in [0.3, 0.4) is 0 Å². The third-order valence-corrected chi connectivity index (χ3v) is 4.16. The Morgan fingerprint density at radius 2 is 2.33 bits per heavy atom. The number of Topliss-reactive ketones (excluding diaryl/α,β-unsaturated/α-hetero) is 1. The van der Waals surface area contributed by atoms with Crippen molar-refractivity contribution in [1.29, 1.82) is 0 Å². The maximum absolute atomic E-state index is 11.3. The Labute approximate surface area is 109 Å². The van der Waals surface area contributed by atoms with Crippen LogP contribution < -0.4 is 4.74 Å². The van der Waals surface area contributed by atoms with Gasteiger partial charge in [-0.05, 0) is 36.6 Å². The average molecular weight is 259 g/mol. The molecule has 0 saturated carbocycles. The lowest BCUT2D eigenvalue weighted by Crippen LogP contribution is -2.07. The average Bonchev–Trinajstić information content (AvgIpc) is 2.88. The van der Waals surface area contributed by atoms with Gasteiger partial charge in [0.1, 0.15) is 10.8 Å². The molecule has 0 atom stereocenters. The first-order valence-electron chi connectivity index (χ1n) is 5.97. The zero-order valence-electron chi connectivity index (χ0n) is 10.1. The van der Waals surface area contributed by atoms with Crippen LogP contribution in [0.1, 0.15) is 28.6 Å². The quantitative estimate of drug-likeness (QED) is 0.776. The molecule has 0 radical (unpaired) electrons. The fourth-order valence-electron chi connectivity index (χ4n) is 2.06. The molecule has 1 aliphatic rings. The Kier molecular flexibility index (Phi) is 2.88. The Hall–Kier alpha value is -1.68. The van der Waals surface area contributed by atoms with Gasteiger partial charge in [0.2, 0.25) is 0 Å². The summed E-state index contributed by atoms with van der Waals surface area (Å²) in [6.07, 6.45) is 3.76. The summed E-state index contributed by atoms with van der Waals surface area (Å²) in [5.74, 6) is 1.05. The van der Waals surface area contributed by atoms with Gasteiger partial charge in [-0.3, -0.25) is 4.79 Å². The lowest BCUT2D eigenvalue weighted by atomic mass is 10.0. The molecule has 0 bridgehead atoms. The predicted octanol–water partition coefficient (Wildman–Crippen LogP) is 3.34. The van der Waals surface area contributed by atoms with Crippen molar-refractivity contribution in [2.45, 2.75) is 19.8 Å². The van der Waals surface area contributed by atoms with Crippen LogP contribution >= 0.6 is 11.3 Å². The maximum Gasteiger partial charge on any atom is 0.171 e. The van der Waals surface area contributed by atoms with Gasteiger partial charge in [0.15, 0.2) is 5.78 Å². The Morgan fingerprint density at radius 1 is 1.44 bits per heavy atom. The van der Waals surface area contributed by atoms with Crippen molar-refractivity contribution in [3.05, 3.63) is 34.8 Å². The monoisotopic (exact) mass is 259 g/mol. The van der Waals surface area contributed by atoms with E-state index in [-0.39, 0.29) is 5.78 Å². The first-order chi connectivity index (χ1) is 8.74. The lowest BCUT2D eigenvalue weighted by Gasteiger charge is -2.17. The molecule has 0 fully saturated rings. The molecular weight excluding hydrogens is 246 g/mol. The SMILES string of the molecule is CC(=O)c1cnc(-c2ccc3c(c2)CCCO3)s1. The highest BCUT2D eigenvalue weighted by Gasteiger charge is 2.13. The van der Waals surface area contributed by atoms with Crippen LogP contribution in [0.4, 0.5) is 0 Å². The maximum atomic E-state index is 11.3. The van der Waals surface area contributed by atoms with Gasteiger partial charge in [0.25, 0.3) is 0 Å². The summed E-state index contributed by atoms with van der Waals surface area (Å²) in [6.45, 7) is 2.37. The smallest absolute Gasteiger partial charge is 0.171 e. The number of ketones is 1. The zero-order chi connectivity index (χ0) is 12.5. The molecule has 0 amide bonds. The van der Waals surface area contributed by atoms with E-state index in [1.165, 1.54) is 16.9 Å². The summed E-state index contributed by atoms with van der Waals surface area (Å²) in [7, 11) is 0. The van der Waals surface area contributed by atoms with E-state index in [9.17, 15) is 4.79 Å². The van der Waals surface area contributed by atoms with Crippen LogP contribution in [-0.2, 0) is 6.42 Å². The molecule has 3 rings (SSSR count). The van der Waals surface area contributed by atoms with E-state index in [0.29, 0.717) is 4.88 Å². The van der Waals surface area contributed by atoms with Gasteiger partial charge in [-0.1, -0.05) is 0 Å². The summed E-state index contributed by atoms with van der Waals surface area (Å²) in [4.78, 5) is 16.3. The second-order valence-corrected chi connectivity index (χ2v) is 5.39. The van der Waals surface area contributed by atoms with Crippen molar-refractivity contribution in [2.24, 2.45) is 0 Å².